The van der Waals surface area contributed by atoms with E-state index in [1.165, 1.54) is 11.0 Å². The fourth-order valence-electron chi connectivity index (χ4n) is 1.79. The summed E-state index contributed by atoms with van der Waals surface area (Å²) in [5.41, 5.74) is 4.92. The van der Waals surface area contributed by atoms with E-state index in [2.05, 4.69) is 0 Å². The Morgan fingerprint density at radius 2 is 1.91 bits per heavy atom. The molecule has 0 aliphatic carbocycles. The second-order valence-corrected chi connectivity index (χ2v) is 4.93. The molecule has 0 aliphatic rings. The number of hydrogen-bond donors (Lipinski definition) is 1. The van der Waals surface area contributed by atoms with Crippen molar-refractivity contribution in [3.8, 4) is 0 Å². The molecule has 8 heteroatoms. The molecule has 0 bridgehead atoms. The monoisotopic (exact) mass is 319 g/mol. The Kier molecular flexibility index (Phi) is 6.04. The summed E-state index contributed by atoms with van der Waals surface area (Å²) >= 11 is 0. The molecule has 5 nitrogen and oxygen atoms in total. The number of carbonyl (C=O) groups is 1. The maximum absolute atomic E-state index is 12.7. The van der Waals surface area contributed by atoms with E-state index in [0.29, 0.717) is 6.54 Å². The van der Waals surface area contributed by atoms with Gasteiger partial charge in [0.25, 0.3) is 0 Å². The summed E-state index contributed by atoms with van der Waals surface area (Å²) in [4.78, 5) is 15.1. The molecule has 0 aliphatic heterocycles. The maximum Gasteiger partial charge on any atom is 0.416 e. The van der Waals surface area contributed by atoms with Crippen molar-refractivity contribution >= 4 is 17.5 Å². The number of ether oxygens (including phenoxy) is 1. The molecule has 0 spiro atoms. The van der Waals surface area contributed by atoms with Gasteiger partial charge < -0.3 is 15.4 Å². The van der Waals surface area contributed by atoms with E-state index in [1.807, 2.05) is 19.0 Å². The molecule has 22 heavy (non-hydrogen) atoms. The molecular weight excluding hydrogens is 299 g/mol. The normalized spacial score (nSPS) is 11.6. The van der Waals surface area contributed by atoms with Crippen LogP contribution < -0.4 is 10.6 Å². The number of nitrogen functional groups attached to an aromatic ring is 1. The van der Waals surface area contributed by atoms with Crippen molar-refractivity contribution in [2.24, 2.45) is 0 Å². The van der Waals surface area contributed by atoms with Crippen LogP contribution >= 0.6 is 0 Å². The summed E-state index contributed by atoms with van der Waals surface area (Å²) in [6.07, 6.45) is -5.12. The Balaban J connectivity index is 3.10. The lowest BCUT2D eigenvalue weighted by Crippen LogP contribution is -2.37. The molecule has 0 fully saturated rings. The Hall–Kier alpha value is -1.96. The van der Waals surface area contributed by atoms with E-state index in [4.69, 9.17) is 10.5 Å². The number of amides is 1. The summed E-state index contributed by atoms with van der Waals surface area (Å²) in [5, 5.41) is 0. The van der Waals surface area contributed by atoms with Crippen LogP contribution in [0.5, 0.6) is 0 Å². The number of carbonyl (C=O) groups excluding carboxylic acids is 1. The standard InChI is InChI=1S/C14H20F3N3O2/c1-4-22-13(21)20(8-7-19(2)3)12-6-5-10(9-11(12)18)14(15,16)17/h5-6,9H,4,7-8,18H2,1-3H3. The first-order chi connectivity index (χ1) is 10.2. The number of alkyl halides is 3. The van der Waals surface area contributed by atoms with Crippen molar-refractivity contribution in [3.63, 3.8) is 0 Å². The topological polar surface area (TPSA) is 58.8 Å². The van der Waals surface area contributed by atoms with Crippen LogP contribution in [0.1, 0.15) is 12.5 Å². The van der Waals surface area contributed by atoms with Crippen molar-refractivity contribution in [2.75, 3.05) is 44.4 Å². The third-order valence-electron chi connectivity index (χ3n) is 2.90. The highest BCUT2D eigenvalue weighted by Gasteiger charge is 2.31. The quantitative estimate of drug-likeness (QED) is 0.848. The Labute approximate surface area is 127 Å². The van der Waals surface area contributed by atoms with E-state index in [-0.39, 0.29) is 24.5 Å². The summed E-state index contributed by atoms with van der Waals surface area (Å²) in [5.74, 6) is 0. The number of rotatable bonds is 5. The molecule has 0 atom stereocenters. The molecule has 2 N–H and O–H groups in total. The SMILES string of the molecule is CCOC(=O)N(CCN(C)C)c1ccc(C(F)(F)F)cc1N. The van der Waals surface area contributed by atoms with Crippen LogP contribution in [0.3, 0.4) is 0 Å². The average Bonchev–Trinajstić information content (AvgIpc) is 2.39. The van der Waals surface area contributed by atoms with Crippen molar-refractivity contribution in [3.05, 3.63) is 23.8 Å². The Bertz CT molecular complexity index is 519. The van der Waals surface area contributed by atoms with Gasteiger partial charge >= 0.3 is 12.3 Å². The van der Waals surface area contributed by atoms with Gasteiger partial charge in [0.05, 0.1) is 23.5 Å². The zero-order chi connectivity index (χ0) is 16.9. The molecule has 1 amide bonds. The predicted molar refractivity (Wildman–Crippen MR) is 78.8 cm³/mol. The summed E-state index contributed by atoms with van der Waals surface area (Å²) in [6.45, 7) is 2.58. The number of nitrogens with zero attached hydrogens (tertiary/aromatic N) is 2. The first kappa shape index (κ1) is 18.1. The minimum atomic E-state index is -4.48. The lowest BCUT2D eigenvalue weighted by molar-refractivity contribution is -0.137. The van der Waals surface area contributed by atoms with Crippen LogP contribution in [0.4, 0.5) is 29.3 Å². The van der Waals surface area contributed by atoms with Gasteiger partial charge in [0.2, 0.25) is 0 Å². The van der Waals surface area contributed by atoms with E-state index in [0.717, 1.165) is 12.1 Å². The highest BCUT2D eigenvalue weighted by molar-refractivity contribution is 5.91. The summed E-state index contributed by atoms with van der Waals surface area (Å²) < 4.78 is 42.9. The van der Waals surface area contributed by atoms with Gasteiger partial charge in [-0.25, -0.2) is 4.79 Å². The lowest BCUT2D eigenvalue weighted by Gasteiger charge is -2.25. The minimum absolute atomic E-state index is 0.123. The van der Waals surface area contributed by atoms with Crippen LogP contribution in [0.15, 0.2) is 18.2 Å². The second kappa shape index (κ2) is 7.35. The van der Waals surface area contributed by atoms with Gasteiger partial charge in [-0.05, 0) is 39.2 Å². The van der Waals surface area contributed by atoms with E-state index in [1.54, 1.807) is 6.92 Å². The molecule has 0 radical (unpaired) electrons. The van der Waals surface area contributed by atoms with Crippen LogP contribution in [0.2, 0.25) is 0 Å². The summed E-state index contributed by atoms with van der Waals surface area (Å²) in [6, 6.07) is 2.90. The largest absolute Gasteiger partial charge is 0.449 e. The molecule has 0 heterocycles. The molecule has 1 rings (SSSR count). The van der Waals surface area contributed by atoms with Gasteiger partial charge in [-0.1, -0.05) is 0 Å². The second-order valence-electron chi connectivity index (χ2n) is 4.93. The van der Waals surface area contributed by atoms with Gasteiger partial charge in [-0.15, -0.1) is 0 Å². The fourth-order valence-corrected chi connectivity index (χ4v) is 1.79. The smallest absolute Gasteiger partial charge is 0.416 e. The van der Waals surface area contributed by atoms with Gasteiger partial charge in [-0.3, -0.25) is 4.90 Å². The lowest BCUT2D eigenvalue weighted by atomic mass is 10.1. The number of hydrogen-bond acceptors (Lipinski definition) is 4. The molecule has 0 saturated carbocycles. The minimum Gasteiger partial charge on any atom is -0.449 e. The number of likely N-dealkylation sites (N-methyl/N-ethyl adjacent to an activating group) is 1. The molecule has 0 unspecified atom stereocenters. The van der Waals surface area contributed by atoms with Crippen molar-refractivity contribution in [2.45, 2.75) is 13.1 Å². The first-order valence-electron chi connectivity index (χ1n) is 6.72. The maximum atomic E-state index is 12.7. The number of halogens is 3. The predicted octanol–water partition coefficient (Wildman–Crippen LogP) is 2.81. The van der Waals surface area contributed by atoms with Crippen molar-refractivity contribution in [1.29, 1.82) is 0 Å². The van der Waals surface area contributed by atoms with Gasteiger partial charge in [0.1, 0.15) is 0 Å². The molecule has 124 valence electrons. The highest BCUT2D eigenvalue weighted by atomic mass is 19.4. The molecular formula is C14H20F3N3O2. The van der Waals surface area contributed by atoms with Crippen molar-refractivity contribution in [1.82, 2.24) is 4.90 Å². The Morgan fingerprint density at radius 3 is 2.36 bits per heavy atom. The van der Waals surface area contributed by atoms with E-state index >= 15 is 0 Å². The van der Waals surface area contributed by atoms with Crippen LogP contribution in [0.25, 0.3) is 0 Å². The summed E-state index contributed by atoms with van der Waals surface area (Å²) in [7, 11) is 3.64. The molecule has 0 aromatic heterocycles. The number of nitrogens with two attached hydrogens (primary N) is 1. The van der Waals surface area contributed by atoms with Crippen LogP contribution in [-0.2, 0) is 10.9 Å². The first-order valence-corrected chi connectivity index (χ1v) is 6.72. The number of anilines is 2. The zero-order valence-electron chi connectivity index (χ0n) is 12.8. The Morgan fingerprint density at radius 1 is 1.27 bits per heavy atom. The zero-order valence-corrected chi connectivity index (χ0v) is 12.8. The van der Waals surface area contributed by atoms with Gasteiger partial charge in [0.15, 0.2) is 0 Å². The highest BCUT2D eigenvalue weighted by Crippen LogP contribution is 2.34. The van der Waals surface area contributed by atoms with Crippen LogP contribution in [0, 0.1) is 0 Å². The van der Waals surface area contributed by atoms with E-state index < -0.39 is 17.8 Å². The van der Waals surface area contributed by atoms with Crippen LogP contribution in [-0.4, -0.2) is 44.8 Å². The fraction of sp³-hybridized carbons (Fsp3) is 0.500. The van der Waals surface area contributed by atoms with Gasteiger partial charge in [-0.2, -0.15) is 13.2 Å². The average molecular weight is 319 g/mol. The molecule has 1 aromatic rings. The molecule has 0 saturated heterocycles. The van der Waals surface area contributed by atoms with Crippen molar-refractivity contribution < 1.29 is 22.7 Å². The third kappa shape index (κ3) is 4.80. The molecule has 1 aromatic carbocycles. The van der Waals surface area contributed by atoms with E-state index in [9.17, 15) is 18.0 Å². The van der Waals surface area contributed by atoms with Gasteiger partial charge in [0, 0.05) is 13.1 Å². The number of benzene rings is 1. The third-order valence-corrected chi connectivity index (χ3v) is 2.90.